The summed E-state index contributed by atoms with van der Waals surface area (Å²) in [6, 6.07) is 12.3. The highest BCUT2D eigenvalue weighted by atomic mass is 35.5. The predicted molar refractivity (Wildman–Crippen MR) is 116 cm³/mol. The number of benzene rings is 2. The molecule has 0 radical (unpaired) electrons. The van der Waals surface area contributed by atoms with Crippen LogP contribution in [-0.4, -0.2) is 51.3 Å². The molecule has 8 nitrogen and oxygen atoms in total. The number of rotatable bonds is 3. The van der Waals surface area contributed by atoms with E-state index in [1.54, 1.807) is 50.5 Å². The standard InChI is InChI=1S/C21H17Cl2N5O3/c1-11(29)31-20-19-25-18(21(30)27(2)3)26-28(19)16-9-8-12(22)10-14(16)17(24-20)13-6-4-5-7-15(13)23/h4-10,20H,1-3H3. The summed E-state index contributed by atoms with van der Waals surface area (Å²) in [5, 5.41) is 5.32. The molecular formula is C21H17Cl2N5O3. The highest BCUT2D eigenvalue weighted by Gasteiger charge is 2.32. The number of hydrogen-bond acceptors (Lipinski definition) is 6. The van der Waals surface area contributed by atoms with E-state index < -0.39 is 18.1 Å². The summed E-state index contributed by atoms with van der Waals surface area (Å²) in [5.74, 6) is -0.820. The topological polar surface area (TPSA) is 89.7 Å². The van der Waals surface area contributed by atoms with Gasteiger partial charge in [-0.05, 0) is 24.3 Å². The van der Waals surface area contributed by atoms with Crippen LogP contribution >= 0.6 is 23.2 Å². The lowest BCUT2D eigenvalue weighted by molar-refractivity contribution is -0.146. The zero-order valence-corrected chi connectivity index (χ0v) is 18.3. The SMILES string of the molecule is CC(=O)OC1N=C(c2ccccc2Cl)c2cc(Cl)ccc2-n2nc(C(=O)N(C)C)nc21. The highest BCUT2D eigenvalue weighted by Crippen LogP contribution is 2.33. The van der Waals surface area contributed by atoms with Gasteiger partial charge < -0.3 is 9.64 Å². The Balaban J connectivity index is 2.02. The first-order chi connectivity index (χ1) is 14.8. The maximum Gasteiger partial charge on any atom is 0.304 e. The number of carbonyl (C=O) groups is 2. The van der Waals surface area contributed by atoms with E-state index in [1.807, 2.05) is 6.07 Å². The third kappa shape index (κ3) is 3.92. The monoisotopic (exact) mass is 457 g/mol. The second-order valence-electron chi connectivity index (χ2n) is 6.99. The van der Waals surface area contributed by atoms with Gasteiger partial charge in [0.05, 0.1) is 11.4 Å². The van der Waals surface area contributed by atoms with Gasteiger partial charge in [0.15, 0.2) is 5.82 Å². The Morgan fingerprint density at radius 1 is 1.10 bits per heavy atom. The zero-order chi connectivity index (χ0) is 22.3. The van der Waals surface area contributed by atoms with Crippen molar-refractivity contribution in [2.24, 2.45) is 4.99 Å². The summed E-state index contributed by atoms with van der Waals surface area (Å²) >= 11 is 12.7. The number of nitrogens with zero attached hydrogens (tertiary/aromatic N) is 5. The van der Waals surface area contributed by atoms with Gasteiger partial charge in [0.1, 0.15) is 0 Å². The van der Waals surface area contributed by atoms with Crippen LogP contribution in [0.2, 0.25) is 10.0 Å². The van der Waals surface area contributed by atoms with Gasteiger partial charge in [0.25, 0.3) is 12.1 Å². The van der Waals surface area contributed by atoms with Crippen LogP contribution < -0.4 is 0 Å². The summed E-state index contributed by atoms with van der Waals surface area (Å²) in [6.07, 6.45) is -1.15. The molecule has 0 saturated heterocycles. The van der Waals surface area contributed by atoms with E-state index in [0.29, 0.717) is 32.6 Å². The molecule has 1 amide bonds. The zero-order valence-electron chi connectivity index (χ0n) is 16.8. The number of carbonyl (C=O) groups excluding carboxylic acids is 2. The molecule has 0 saturated carbocycles. The number of ether oxygens (including phenoxy) is 1. The fourth-order valence-electron chi connectivity index (χ4n) is 3.18. The molecule has 10 heteroatoms. The van der Waals surface area contributed by atoms with Crippen molar-refractivity contribution < 1.29 is 14.3 Å². The Kier molecular flexibility index (Phi) is 5.51. The number of aliphatic imine (C=N–C) groups is 1. The van der Waals surface area contributed by atoms with E-state index in [4.69, 9.17) is 27.9 Å². The van der Waals surface area contributed by atoms with Crippen LogP contribution in [0, 0.1) is 0 Å². The van der Waals surface area contributed by atoms with E-state index in [-0.39, 0.29) is 11.6 Å². The number of esters is 1. The van der Waals surface area contributed by atoms with Crippen molar-refractivity contribution in [1.29, 1.82) is 0 Å². The van der Waals surface area contributed by atoms with E-state index in [0.717, 1.165) is 0 Å². The average molecular weight is 458 g/mol. The van der Waals surface area contributed by atoms with Crippen LogP contribution in [0.4, 0.5) is 0 Å². The van der Waals surface area contributed by atoms with Gasteiger partial charge in [0.2, 0.25) is 5.82 Å². The van der Waals surface area contributed by atoms with E-state index in [9.17, 15) is 9.59 Å². The van der Waals surface area contributed by atoms with Crippen LogP contribution in [0.15, 0.2) is 47.5 Å². The molecule has 1 aliphatic heterocycles. The van der Waals surface area contributed by atoms with Gasteiger partial charge in [-0.25, -0.2) is 14.7 Å². The number of halogens is 2. The van der Waals surface area contributed by atoms with Crippen molar-refractivity contribution in [3.05, 3.63) is 75.3 Å². The lowest BCUT2D eigenvalue weighted by Gasteiger charge is -2.13. The smallest absolute Gasteiger partial charge is 0.304 e. The molecule has 0 fully saturated rings. The second kappa shape index (κ2) is 8.13. The first kappa shape index (κ1) is 21.0. The van der Waals surface area contributed by atoms with Crippen LogP contribution in [0.5, 0.6) is 0 Å². The number of hydrogen-bond donors (Lipinski definition) is 0. The van der Waals surface area contributed by atoms with E-state index >= 15 is 0 Å². The predicted octanol–water partition coefficient (Wildman–Crippen LogP) is 3.69. The third-order valence-electron chi connectivity index (χ3n) is 4.55. The maximum absolute atomic E-state index is 12.5. The summed E-state index contributed by atoms with van der Waals surface area (Å²) in [7, 11) is 3.19. The lowest BCUT2D eigenvalue weighted by atomic mass is 10.0. The number of fused-ring (bicyclic) bond motifs is 3. The summed E-state index contributed by atoms with van der Waals surface area (Å²) in [5.41, 5.74) is 2.26. The Labute approximate surface area is 188 Å². The molecule has 0 spiro atoms. The average Bonchev–Trinajstić information content (AvgIpc) is 3.11. The van der Waals surface area contributed by atoms with Crippen LogP contribution in [-0.2, 0) is 9.53 Å². The molecule has 1 aromatic heterocycles. The second-order valence-corrected chi connectivity index (χ2v) is 7.83. The van der Waals surface area contributed by atoms with Crippen LogP contribution in [0.3, 0.4) is 0 Å². The minimum Gasteiger partial charge on any atom is -0.432 e. The molecule has 1 unspecified atom stereocenters. The van der Waals surface area contributed by atoms with E-state index in [1.165, 1.54) is 16.5 Å². The Morgan fingerprint density at radius 2 is 1.84 bits per heavy atom. The van der Waals surface area contributed by atoms with Crippen LogP contribution in [0.1, 0.15) is 40.7 Å². The first-order valence-corrected chi connectivity index (χ1v) is 10.0. The number of aromatic nitrogens is 3. The minimum atomic E-state index is -1.15. The van der Waals surface area contributed by atoms with Crippen molar-refractivity contribution in [3.63, 3.8) is 0 Å². The molecule has 31 heavy (non-hydrogen) atoms. The molecule has 0 N–H and O–H groups in total. The van der Waals surface area contributed by atoms with Crippen molar-refractivity contribution in [3.8, 4) is 5.69 Å². The van der Waals surface area contributed by atoms with Crippen molar-refractivity contribution in [2.75, 3.05) is 14.1 Å². The quantitative estimate of drug-likeness (QED) is 0.559. The van der Waals surface area contributed by atoms with Crippen molar-refractivity contribution >= 4 is 40.8 Å². The molecule has 0 bridgehead atoms. The lowest BCUT2D eigenvalue weighted by Crippen LogP contribution is -2.23. The van der Waals surface area contributed by atoms with Crippen molar-refractivity contribution in [1.82, 2.24) is 19.7 Å². The molecule has 3 aromatic rings. The van der Waals surface area contributed by atoms with Gasteiger partial charge in [-0.15, -0.1) is 5.10 Å². The Hall–Kier alpha value is -3.23. The summed E-state index contributed by atoms with van der Waals surface area (Å²) in [6.45, 7) is 1.27. The van der Waals surface area contributed by atoms with Gasteiger partial charge >= 0.3 is 5.97 Å². The summed E-state index contributed by atoms with van der Waals surface area (Å²) in [4.78, 5) is 34.7. The molecule has 158 valence electrons. The normalized spacial score (nSPS) is 14.7. The van der Waals surface area contributed by atoms with Gasteiger partial charge in [-0.1, -0.05) is 41.4 Å². The molecule has 2 aromatic carbocycles. The fraction of sp³-hybridized carbons (Fsp3) is 0.190. The first-order valence-electron chi connectivity index (χ1n) is 9.25. The minimum absolute atomic E-state index is 0.0468. The number of amides is 1. The molecule has 1 atom stereocenters. The summed E-state index contributed by atoms with van der Waals surface area (Å²) < 4.78 is 6.90. The third-order valence-corrected chi connectivity index (χ3v) is 5.11. The molecule has 0 aliphatic carbocycles. The maximum atomic E-state index is 12.5. The Morgan fingerprint density at radius 3 is 2.52 bits per heavy atom. The van der Waals surface area contributed by atoms with E-state index in [2.05, 4.69) is 15.1 Å². The molecule has 4 rings (SSSR count). The molecular weight excluding hydrogens is 441 g/mol. The largest absolute Gasteiger partial charge is 0.432 e. The highest BCUT2D eigenvalue weighted by molar-refractivity contribution is 6.36. The molecule has 2 heterocycles. The van der Waals surface area contributed by atoms with Gasteiger partial charge in [0, 0.05) is 42.2 Å². The Bertz CT molecular complexity index is 1240. The van der Waals surface area contributed by atoms with Crippen molar-refractivity contribution in [2.45, 2.75) is 13.2 Å². The van der Waals surface area contributed by atoms with Crippen LogP contribution in [0.25, 0.3) is 5.69 Å². The molecule has 1 aliphatic rings. The van der Waals surface area contributed by atoms with Gasteiger partial charge in [-0.2, -0.15) is 0 Å². The van der Waals surface area contributed by atoms with Gasteiger partial charge in [-0.3, -0.25) is 9.59 Å². The fourth-order valence-corrected chi connectivity index (χ4v) is 3.58.